The fourth-order valence-electron chi connectivity index (χ4n) is 1.92. The second kappa shape index (κ2) is 3.67. The fraction of sp³-hybridized carbons (Fsp3) is 0.545. The first-order valence-electron chi connectivity index (χ1n) is 4.98. The molecule has 0 atom stereocenters. The van der Waals surface area contributed by atoms with Gasteiger partial charge in [0.2, 0.25) is 0 Å². The van der Waals surface area contributed by atoms with E-state index >= 15 is 0 Å². The molecule has 0 unspecified atom stereocenters. The van der Waals surface area contributed by atoms with Gasteiger partial charge in [0.15, 0.2) is 0 Å². The van der Waals surface area contributed by atoms with Gasteiger partial charge >= 0.3 is 0 Å². The molecule has 2 rings (SSSR count). The summed E-state index contributed by atoms with van der Waals surface area (Å²) in [6, 6.07) is 2.09. The van der Waals surface area contributed by atoms with Gasteiger partial charge < -0.3 is 10.0 Å². The minimum absolute atomic E-state index is 0.0931. The number of fused-ring (bicyclic) bond motifs is 1. The van der Waals surface area contributed by atoms with Crippen LogP contribution in [0.5, 0.6) is 0 Å². The Bertz CT molecular complexity index is 349. The Hall–Kier alpha value is -0.930. The van der Waals surface area contributed by atoms with Crippen LogP contribution in [0, 0.1) is 6.92 Å². The Balaban J connectivity index is 2.41. The molecule has 0 amide bonds. The first-order chi connectivity index (χ1) is 6.70. The highest BCUT2D eigenvalue weighted by Gasteiger charge is 2.15. The van der Waals surface area contributed by atoms with Crippen LogP contribution in [0.1, 0.15) is 22.5 Å². The average molecular weight is 192 g/mol. The number of pyridine rings is 1. The van der Waals surface area contributed by atoms with E-state index in [4.69, 9.17) is 5.11 Å². The van der Waals surface area contributed by atoms with E-state index in [1.165, 1.54) is 11.3 Å². The highest BCUT2D eigenvalue weighted by atomic mass is 16.3. The zero-order valence-electron chi connectivity index (χ0n) is 8.75. The van der Waals surface area contributed by atoms with E-state index in [9.17, 15) is 0 Å². The topological polar surface area (TPSA) is 36.4 Å². The summed E-state index contributed by atoms with van der Waals surface area (Å²) in [5, 5.41) is 9.13. The number of hydrogen-bond donors (Lipinski definition) is 1. The third-order valence-corrected chi connectivity index (χ3v) is 2.83. The molecule has 14 heavy (non-hydrogen) atoms. The van der Waals surface area contributed by atoms with Crippen LogP contribution in [0.3, 0.4) is 0 Å². The summed E-state index contributed by atoms with van der Waals surface area (Å²) in [5.74, 6) is 0. The zero-order valence-corrected chi connectivity index (χ0v) is 8.75. The van der Waals surface area contributed by atoms with Crippen LogP contribution in [0.2, 0.25) is 0 Å². The molecule has 0 fully saturated rings. The van der Waals surface area contributed by atoms with Crippen molar-refractivity contribution >= 4 is 0 Å². The molecule has 0 spiro atoms. The molecule has 2 heterocycles. The quantitative estimate of drug-likeness (QED) is 0.717. The van der Waals surface area contributed by atoms with Gasteiger partial charge in [0.1, 0.15) is 0 Å². The van der Waals surface area contributed by atoms with Crippen molar-refractivity contribution in [2.24, 2.45) is 0 Å². The van der Waals surface area contributed by atoms with Gasteiger partial charge in [0.05, 0.1) is 6.61 Å². The lowest BCUT2D eigenvalue weighted by atomic mass is 10.0. The molecule has 1 aliphatic heterocycles. The van der Waals surface area contributed by atoms with Crippen molar-refractivity contribution in [2.75, 3.05) is 13.6 Å². The van der Waals surface area contributed by atoms with Gasteiger partial charge in [-0.2, -0.15) is 0 Å². The zero-order chi connectivity index (χ0) is 10.1. The number of rotatable bonds is 1. The molecule has 76 valence electrons. The van der Waals surface area contributed by atoms with Crippen LogP contribution in [0.15, 0.2) is 6.07 Å². The van der Waals surface area contributed by atoms with E-state index in [0.29, 0.717) is 0 Å². The highest BCUT2D eigenvalue weighted by molar-refractivity contribution is 5.31. The van der Waals surface area contributed by atoms with Crippen LogP contribution in [0.25, 0.3) is 0 Å². The van der Waals surface area contributed by atoms with E-state index in [1.807, 2.05) is 6.92 Å². The maximum atomic E-state index is 9.13. The van der Waals surface area contributed by atoms with Crippen molar-refractivity contribution in [3.05, 3.63) is 28.6 Å². The van der Waals surface area contributed by atoms with Crippen LogP contribution in [0.4, 0.5) is 0 Å². The SMILES string of the molecule is Cc1nc2c(cc1CO)CN(C)CC2. The lowest BCUT2D eigenvalue weighted by Crippen LogP contribution is -2.27. The van der Waals surface area contributed by atoms with E-state index in [-0.39, 0.29) is 6.61 Å². The van der Waals surface area contributed by atoms with Crippen molar-refractivity contribution in [3.63, 3.8) is 0 Å². The predicted molar refractivity (Wildman–Crippen MR) is 54.9 cm³/mol. The van der Waals surface area contributed by atoms with Gasteiger partial charge in [-0.3, -0.25) is 4.98 Å². The van der Waals surface area contributed by atoms with Gasteiger partial charge in [-0.1, -0.05) is 0 Å². The Kier molecular flexibility index (Phi) is 2.52. The highest BCUT2D eigenvalue weighted by Crippen LogP contribution is 2.19. The van der Waals surface area contributed by atoms with E-state index in [1.54, 1.807) is 0 Å². The summed E-state index contributed by atoms with van der Waals surface area (Å²) in [7, 11) is 2.11. The number of hydrogen-bond acceptors (Lipinski definition) is 3. The second-order valence-electron chi connectivity index (χ2n) is 3.98. The lowest BCUT2D eigenvalue weighted by molar-refractivity contribution is 0.278. The van der Waals surface area contributed by atoms with Gasteiger partial charge in [-0.15, -0.1) is 0 Å². The summed E-state index contributed by atoms with van der Waals surface area (Å²) in [5.41, 5.74) is 4.40. The molecular weight excluding hydrogens is 176 g/mol. The van der Waals surface area contributed by atoms with Crippen molar-refractivity contribution < 1.29 is 5.11 Å². The van der Waals surface area contributed by atoms with Gasteiger partial charge in [0, 0.05) is 30.9 Å². The lowest BCUT2D eigenvalue weighted by Gasteiger charge is -2.25. The molecule has 0 saturated carbocycles. The summed E-state index contributed by atoms with van der Waals surface area (Å²) in [6.45, 7) is 4.09. The largest absolute Gasteiger partial charge is 0.392 e. The number of aromatic nitrogens is 1. The van der Waals surface area contributed by atoms with Crippen molar-refractivity contribution in [2.45, 2.75) is 26.5 Å². The second-order valence-corrected chi connectivity index (χ2v) is 3.98. The molecule has 0 radical (unpaired) electrons. The monoisotopic (exact) mass is 192 g/mol. The molecule has 3 heteroatoms. The summed E-state index contributed by atoms with van der Waals surface area (Å²) in [6.07, 6.45) is 1.03. The number of aliphatic hydroxyl groups is 1. The third kappa shape index (κ3) is 1.65. The molecule has 0 bridgehead atoms. The molecule has 1 aromatic rings. The molecule has 1 aliphatic rings. The normalized spacial score (nSPS) is 16.8. The molecular formula is C11H16N2O. The van der Waals surface area contributed by atoms with Crippen LogP contribution in [-0.2, 0) is 19.6 Å². The Morgan fingerprint density at radius 1 is 1.57 bits per heavy atom. The van der Waals surface area contributed by atoms with Crippen LogP contribution >= 0.6 is 0 Å². The molecule has 0 aromatic carbocycles. The number of likely N-dealkylation sites (N-methyl/N-ethyl adjacent to an activating group) is 1. The third-order valence-electron chi connectivity index (χ3n) is 2.83. The van der Waals surface area contributed by atoms with E-state index < -0.39 is 0 Å². The van der Waals surface area contributed by atoms with E-state index in [0.717, 1.165) is 30.8 Å². The maximum absolute atomic E-state index is 9.13. The first-order valence-corrected chi connectivity index (χ1v) is 4.98. The molecule has 1 N–H and O–H groups in total. The van der Waals surface area contributed by atoms with Gasteiger partial charge in [-0.25, -0.2) is 0 Å². The van der Waals surface area contributed by atoms with Crippen LogP contribution < -0.4 is 0 Å². The first kappa shape index (κ1) is 9.62. The minimum atomic E-state index is 0.0931. The van der Waals surface area contributed by atoms with Crippen molar-refractivity contribution in [3.8, 4) is 0 Å². The van der Waals surface area contributed by atoms with Gasteiger partial charge in [-0.05, 0) is 31.2 Å². The fourth-order valence-corrected chi connectivity index (χ4v) is 1.92. The van der Waals surface area contributed by atoms with Crippen LogP contribution in [-0.4, -0.2) is 28.6 Å². The summed E-state index contributed by atoms with van der Waals surface area (Å²) < 4.78 is 0. The molecule has 3 nitrogen and oxygen atoms in total. The Labute approximate surface area is 84.4 Å². The Morgan fingerprint density at radius 3 is 3.07 bits per heavy atom. The number of aryl methyl sites for hydroxylation is 1. The standard InChI is InChI=1S/C11H16N2O/c1-8-10(7-14)5-9-6-13(2)4-3-11(9)12-8/h5,14H,3-4,6-7H2,1-2H3. The molecule has 0 aliphatic carbocycles. The van der Waals surface area contributed by atoms with E-state index in [2.05, 4.69) is 23.0 Å². The summed E-state index contributed by atoms with van der Waals surface area (Å²) >= 11 is 0. The van der Waals surface area contributed by atoms with Crippen molar-refractivity contribution in [1.29, 1.82) is 0 Å². The number of aliphatic hydroxyl groups excluding tert-OH is 1. The summed E-state index contributed by atoms with van der Waals surface area (Å²) in [4.78, 5) is 6.81. The van der Waals surface area contributed by atoms with Gasteiger partial charge in [0.25, 0.3) is 0 Å². The minimum Gasteiger partial charge on any atom is -0.392 e. The number of nitrogens with zero attached hydrogens (tertiary/aromatic N) is 2. The van der Waals surface area contributed by atoms with Crippen molar-refractivity contribution in [1.82, 2.24) is 9.88 Å². The molecule has 0 saturated heterocycles. The Morgan fingerprint density at radius 2 is 2.36 bits per heavy atom. The average Bonchev–Trinajstić information content (AvgIpc) is 2.17. The molecule has 1 aromatic heterocycles. The predicted octanol–water partition coefficient (Wildman–Crippen LogP) is 0.870. The smallest absolute Gasteiger partial charge is 0.0699 e. The maximum Gasteiger partial charge on any atom is 0.0699 e.